The second kappa shape index (κ2) is 12.2. The first kappa shape index (κ1) is 25.2. The highest BCUT2D eigenvalue weighted by Crippen LogP contribution is 2.29. The van der Waals surface area contributed by atoms with Gasteiger partial charge in [-0.05, 0) is 37.1 Å². The fraction of sp³-hybridized carbons (Fsp3) is 0.423. The Labute approximate surface area is 200 Å². The highest BCUT2D eigenvalue weighted by atomic mass is 16.5. The van der Waals surface area contributed by atoms with Gasteiger partial charge < -0.3 is 19.5 Å². The van der Waals surface area contributed by atoms with Crippen molar-refractivity contribution < 1.29 is 28.6 Å². The number of nitrogens with zero attached hydrogens (tertiary/aromatic N) is 1. The molecule has 3 rings (SSSR count). The van der Waals surface area contributed by atoms with Crippen molar-refractivity contribution in [3.05, 3.63) is 59.2 Å². The zero-order valence-corrected chi connectivity index (χ0v) is 20.0. The molecule has 1 saturated heterocycles. The van der Waals surface area contributed by atoms with E-state index in [1.54, 1.807) is 20.1 Å². The maximum absolute atomic E-state index is 12.1. The van der Waals surface area contributed by atoms with Crippen LogP contribution in [0.5, 0.6) is 11.5 Å². The summed E-state index contributed by atoms with van der Waals surface area (Å²) in [5.74, 6) is 0.514. The van der Waals surface area contributed by atoms with E-state index in [2.05, 4.69) is 5.32 Å². The van der Waals surface area contributed by atoms with Crippen LogP contribution >= 0.6 is 0 Å². The number of aryl methyl sites for hydroxylation is 1. The van der Waals surface area contributed by atoms with Gasteiger partial charge in [-0.2, -0.15) is 0 Å². The summed E-state index contributed by atoms with van der Waals surface area (Å²) in [7, 11) is 1.56. The van der Waals surface area contributed by atoms with E-state index in [0.29, 0.717) is 24.7 Å². The van der Waals surface area contributed by atoms with E-state index in [4.69, 9.17) is 14.2 Å². The number of carbonyl (C=O) groups excluding carboxylic acids is 3. The lowest BCUT2D eigenvalue weighted by molar-refractivity contribution is -0.144. The van der Waals surface area contributed by atoms with Crippen LogP contribution in [0.3, 0.4) is 0 Å². The smallest absolute Gasteiger partial charge is 0.307 e. The number of imide groups is 1. The number of nitrogens with one attached hydrogen (secondary N) is 1. The van der Waals surface area contributed by atoms with E-state index in [0.717, 1.165) is 16.7 Å². The molecule has 1 atom stereocenters. The molecule has 2 amide bonds. The van der Waals surface area contributed by atoms with Crippen LogP contribution in [0, 0.1) is 6.92 Å². The predicted molar refractivity (Wildman–Crippen MR) is 126 cm³/mol. The van der Waals surface area contributed by atoms with Crippen molar-refractivity contribution in [1.29, 1.82) is 0 Å². The molecule has 0 saturated carbocycles. The molecule has 0 aromatic heterocycles. The van der Waals surface area contributed by atoms with Crippen molar-refractivity contribution in [2.24, 2.45) is 0 Å². The number of methoxy groups -OCH3 is 1. The van der Waals surface area contributed by atoms with Gasteiger partial charge in [-0.1, -0.05) is 35.9 Å². The van der Waals surface area contributed by atoms with Crippen molar-refractivity contribution in [3.8, 4) is 11.5 Å². The molecular formula is C26H32N2O6. The number of hydrogen-bond acceptors (Lipinski definition) is 7. The lowest BCUT2D eigenvalue weighted by atomic mass is 10.0. The average Bonchev–Trinajstić information content (AvgIpc) is 3.15. The lowest BCUT2D eigenvalue weighted by Gasteiger charge is -2.20. The Balaban J connectivity index is 1.62. The quantitative estimate of drug-likeness (QED) is 0.377. The van der Waals surface area contributed by atoms with Crippen molar-refractivity contribution in [2.45, 2.75) is 45.7 Å². The Hall–Kier alpha value is -3.39. The third-order valence-electron chi connectivity index (χ3n) is 5.66. The Kier molecular flexibility index (Phi) is 9.04. The van der Waals surface area contributed by atoms with E-state index < -0.39 is 0 Å². The van der Waals surface area contributed by atoms with Crippen LogP contribution in [-0.2, 0) is 25.7 Å². The number of esters is 1. The summed E-state index contributed by atoms with van der Waals surface area (Å²) < 4.78 is 16.4. The molecule has 1 heterocycles. The van der Waals surface area contributed by atoms with E-state index in [1.165, 1.54) is 4.90 Å². The molecule has 1 aliphatic rings. The summed E-state index contributed by atoms with van der Waals surface area (Å²) in [6.45, 7) is 5.08. The number of benzene rings is 2. The topological polar surface area (TPSA) is 94.2 Å². The van der Waals surface area contributed by atoms with Crippen LogP contribution in [0.1, 0.15) is 48.9 Å². The van der Waals surface area contributed by atoms with Crippen LogP contribution < -0.4 is 14.8 Å². The van der Waals surface area contributed by atoms with Gasteiger partial charge >= 0.3 is 5.97 Å². The van der Waals surface area contributed by atoms with E-state index >= 15 is 0 Å². The number of likely N-dealkylation sites (tertiary alicyclic amines) is 1. The first-order valence-electron chi connectivity index (χ1n) is 11.5. The monoisotopic (exact) mass is 468 g/mol. The molecule has 0 aliphatic carbocycles. The van der Waals surface area contributed by atoms with Gasteiger partial charge in [0.1, 0.15) is 6.61 Å². The number of hydrogen-bond donors (Lipinski definition) is 1. The van der Waals surface area contributed by atoms with Gasteiger partial charge in [0, 0.05) is 25.4 Å². The van der Waals surface area contributed by atoms with E-state index in [9.17, 15) is 14.4 Å². The van der Waals surface area contributed by atoms with Crippen LogP contribution in [0.2, 0.25) is 0 Å². The average molecular weight is 469 g/mol. The molecule has 0 spiro atoms. The van der Waals surface area contributed by atoms with Gasteiger partial charge in [-0.3, -0.25) is 19.3 Å². The first-order valence-corrected chi connectivity index (χ1v) is 11.5. The summed E-state index contributed by atoms with van der Waals surface area (Å²) in [6, 6.07) is 13.5. The van der Waals surface area contributed by atoms with Gasteiger partial charge in [-0.15, -0.1) is 0 Å². The molecular weight excluding hydrogens is 436 g/mol. The maximum atomic E-state index is 12.1. The maximum Gasteiger partial charge on any atom is 0.307 e. The van der Waals surface area contributed by atoms with Crippen molar-refractivity contribution in [3.63, 3.8) is 0 Å². The Morgan fingerprint density at radius 2 is 1.76 bits per heavy atom. The third-order valence-corrected chi connectivity index (χ3v) is 5.66. The Morgan fingerprint density at radius 3 is 2.41 bits per heavy atom. The zero-order valence-electron chi connectivity index (χ0n) is 20.0. The van der Waals surface area contributed by atoms with Gasteiger partial charge in [-0.25, -0.2) is 0 Å². The molecule has 8 heteroatoms. The number of rotatable bonds is 12. The molecule has 0 radical (unpaired) electrons. The molecule has 1 fully saturated rings. The highest BCUT2D eigenvalue weighted by molar-refractivity contribution is 6.01. The predicted octanol–water partition coefficient (Wildman–Crippen LogP) is 3.32. The molecule has 8 nitrogen and oxygen atoms in total. The second-order valence-corrected chi connectivity index (χ2v) is 8.13. The minimum Gasteiger partial charge on any atom is -0.493 e. The molecule has 1 N–H and O–H groups in total. The van der Waals surface area contributed by atoms with Crippen molar-refractivity contribution in [2.75, 3.05) is 26.9 Å². The number of amides is 2. The minimum atomic E-state index is -0.253. The molecule has 2 aromatic carbocycles. The normalized spacial score (nSPS) is 14.3. The van der Waals surface area contributed by atoms with Gasteiger partial charge in [0.2, 0.25) is 11.8 Å². The summed E-state index contributed by atoms with van der Waals surface area (Å²) in [5.41, 5.74) is 3.11. The summed E-state index contributed by atoms with van der Waals surface area (Å²) in [4.78, 5) is 36.8. The lowest BCUT2D eigenvalue weighted by Crippen LogP contribution is -2.33. The largest absolute Gasteiger partial charge is 0.493 e. The van der Waals surface area contributed by atoms with Crippen molar-refractivity contribution in [1.82, 2.24) is 10.2 Å². The molecule has 182 valence electrons. The molecule has 0 bridgehead atoms. The van der Waals surface area contributed by atoms with Crippen LogP contribution in [0.4, 0.5) is 0 Å². The molecule has 1 aliphatic heterocycles. The highest BCUT2D eigenvalue weighted by Gasteiger charge is 2.28. The standard InChI is InChI=1S/C26H32N2O6/c1-4-33-26(31)16-21(20-8-5-18(2)6-9-20)27-17-19-7-10-22(23(15-19)32-3)34-14-13-28-24(29)11-12-25(28)30/h5-10,15,21,27H,4,11-14,16-17H2,1-3H3. The molecule has 1 unspecified atom stereocenters. The molecule has 2 aromatic rings. The molecule has 34 heavy (non-hydrogen) atoms. The van der Waals surface area contributed by atoms with Crippen LogP contribution in [-0.4, -0.2) is 49.6 Å². The summed E-state index contributed by atoms with van der Waals surface area (Å²) in [5, 5.41) is 3.44. The SMILES string of the molecule is CCOC(=O)CC(NCc1ccc(OCCN2C(=O)CCC2=O)c(OC)c1)c1ccc(C)cc1. The second-order valence-electron chi connectivity index (χ2n) is 8.13. The first-order chi connectivity index (χ1) is 16.4. The summed E-state index contributed by atoms with van der Waals surface area (Å²) in [6.07, 6.45) is 0.760. The zero-order chi connectivity index (χ0) is 24.5. The number of ether oxygens (including phenoxy) is 3. The van der Waals surface area contributed by atoms with Gasteiger partial charge in [0.15, 0.2) is 11.5 Å². The Morgan fingerprint density at radius 1 is 1.06 bits per heavy atom. The fourth-order valence-corrected chi connectivity index (χ4v) is 3.79. The van der Waals surface area contributed by atoms with E-state index in [-0.39, 0.29) is 56.2 Å². The van der Waals surface area contributed by atoms with Gasteiger partial charge in [0.25, 0.3) is 0 Å². The third kappa shape index (κ3) is 6.81. The summed E-state index contributed by atoms with van der Waals surface area (Å²) >= 11 is 0. The van der Waals surface area contributed by atoms with Crippen molar-refractivity contribution >= 4 is 17.8 Å². The number of carbonyl (C=O) groups is 3. The van der Waals surface area contributed by atoms with Crippen LogP contribution in [0.15, 0.2) is 42.5 Å². The van der Waals surface area contributed by atoms with Crippen LogP contribution in [0.25, 0.3) is 0 Å². The van der Waals surface area contributed by atoms with E-state index in [1.807, 2.05) is 43.3 Å². The minimum absolute atomic E-state index is 0.159. The Bertz CT molecular complexity index is 989. The fourth-order valence-electron chi connectivity index (χ4n) is 3.79. The van der Waals surface area contributed by atoms with Gasteiger partial charge in [0.05, 0.1) is 26.7 Å².